The molecule has 0 radical (unpaired) electrons. The van der Waals surface area contributed by atoms with Crippen molar-refractivity contribution in [3.63, 3.8) is 0 Å². The van der Waals surface area contributed by atoms with E-state index in [0.29, 0.717) is 0 Å². The van der Waals surface area contributed by atoms with Crippen molar-refractivity contribution in [3.05, 3.63) is 28.8 Å². The van der Waals surface area contributed by atoms with Gasteiger partial charge in [0, 0.05) is 43.4 Å². The second-order valence-electron chi connectivity index (χ2n) is 6.05. The summed E-state index contributed by atoms with van der Waals surface area (Å²) in [5, 5.41) is 0.858. The van der Waals surface area contributed by atoms with Crippen LogP contribution < -0.4 is 4.90 Å². The molecule has 2 fully saturated rings. The Morgan fingerprint density at radius 1 is 1.00 bits per heavy atom. The van der Waals surface area contributed by atoms with Gasteiger partial charge in [-0.05, 0) is 49.7 Å². The van der Waals surface area contributed by atoms with Crippen molar-refractivity contribution >= 4 is 25.3 Å². The largest absolute Gasteiger partial charge is 0.371 e. The molecule has 5 heteroatoms. The minimum absolute atomic E-state index is 0.858. The first-order chi connectivity index (χ1) is 9.72. The van der Waals surface area contributed by atoms with E-state index in [0.717, 1.165) is 24.7 Å². The first-order valence-corrected chi connectivity index (χ1v) is 8.04. The average Bonchev–Trinajstić information content (AvgIpc) is 2.95. The monoisotopic (exact) mass is 291 g/mol. The molecule has 2 heterocycles. The lowest BCUT2D eigenvalue weighted by Crippen LogP contribution is -2.44. The third-order valence-corrected chi connectivity index (χ3v) is 4.71. The van der Waals surface area contributed by atoms with E-state index in [-0.39, 0.29) is 0 Å². The molecule has 0 atom stereocenters. The maximum absolute atomic E-state index is 6.22. The number of anilines is 1. The molecular weight excluding hydrogens is 268 g/mol. The predicted molar refractivity (Wildman–Crippen MR) is 88.3 cm³/mol. The number of hydrogen-bond acceptors (Lipinski definition) is 3. The van der Waals surface area contributed by atoms with Gasteiger partial charge in [-0.15, -0.1) is 0 Å². The lowest BCUT2D eigenvalue weighted by molar-refractivity contribution is 0.184. The highest BCUT2D eigenvalue weighted by Gasteiger charge is 2.19. The highest BCUT2D eigenvalue weighted by Crippen LogP contribution is 2.28. The molecule has 2 aliphatic heterocycles. The van der Waals surface area contributed by atoms with Gasteiger partial charge in [0.05, 0.1) is 0 Å². The van der Waals surface area contributed by atoms with Crippen LogP contribution in [-0.2, 0) is 6.54 Å². The molecule has 3 rings (SSSR count). The molecule has 0 spiro atoms. The highest BCUT2D eigenvalue weighted by molar-refractivity contribution is 6.30. The van der Waals surface area contributed by atoms with Crippen molar-refractivity contribution in [3.8, 4) is 0 Å². The Labute approximate surface area is 127 Å². The molecule has 1 aromatic carbocycles. The van der Waals surface area contributed by atoms with Gasteiger partial charge in [-0.1, -0.05) is 11.6 Å². The molecule has 3 nitrogen and oxygen atoms in total. The van der Waals surface area contributed by atoms with E-state index in [1.54, 1.807) is 0 Å². The molecule has 0 aliphatic carbocycles. The molecule has 0 bridgehead atoms. The molecule has 2 aliphatic rings. The van der Waals surface area contributed by atoms with Crippen LogP contribution in [0, 0.1) is 0 Å². The second-order valence-corrected chi connectivity index (χ2v) is 6.48. The molecule has 0 N–H and O–H groups in total. The van der Waals surface area contributed by atoms with Crippen molar-refractivity contribution in [1.29, 1.82) is 0 Å². The van der Waals surface area contributed by atoms with Crippen molar-refractivity contribution in [1.82, 2.24) is 9.71 Å². The van der Waals surface area contributed by atoms with E-state index in [9.17, 15) is 0 Å². The molecule has 2 saturated heterocycles. The zero-order chi connectivity index (χ0) is 13.9. The van der Waals surface area contributed by atoms with Gasteiger partial charge in [0.25, 0.3) is 0 Å². The van der Waals surface area contributed by atoms with Gasteiger partial charge in [-0.25, -0.2) is 0 Å². The summed E-state index contributed by atoms with van der Waals surface area (Å²) in [7, 11) is 2.20. The van der Waals surface area contributed by atoms with Crippen LogP contribution in [0.25, 0.3) is 0 Å². The van der Waals surface area contributed by atoms with Gasteiger partial charge in [-0.2, -0.15) is 0 Å². The molecule has 0 saturated carbocycles. The molecule has 108 valence electrons. The van der Waals surface area contributed by atoms with Gasteiger partial charge in [0.1, 0.15) is 0 Å². The van der Waals surface area contributed by atoms with Crippen molar-refractivity contribution in [2.45, 2.75) is 19.4 Å². The summed E-state index contributed by atoms with van der Waals surface area (Å²) in [6.07, 6.45) is 2.63. The minimum atomic E-state index is 0.858. The molecule has 1 aromatic rings. The fourth-order valence-electron chi connectivity index (χ4n) is 3.19. The predicted octanol–water partition coefficient (Wildman–Crippen LogP) is 1.61. The summed E-state index contributed by atoms with van der Waals surface area (Å²) < 4.78 is 0. The number of rotatable bonds is 3. The Hall–Kier alpha value is -0.705. The first kappa shape index (κ1) is 14.2. The Morgan fingerprint density at radius 2 is 1.70 bits per heavy atom. The van der Waals surface area contributed by atoms with E-state index in [1.165, 1.54) is 50.3 Å². The van der Waals surface area contributed by atoms with Gasteiger partial charge in [0.15, 0.2) is 7.98 Å². The van der Waals surface area contributed by atoms with Crippen molar-refractivity contribution in [2.24, 2.45) is 0 Å². The minimum Gasteiger partial charge on any atom is -0.371 e. The smallest absolute Gasteiger partial charge is 0.185 e. The van der Waals surface area contributed by atoms with E-state index in [1.807, 2.05) is 6.07 Å². The highest BCUT2D eigenvalue weighted by atomic mass is 35.5. The van der Waals surface area contributed by atoms with Gasteiger partial charge < -0.3 is 9.71 Å². The van der Waals surface area contributed by atoms with Crippen LogP contribution in [0.2, 0.25) is 5.02 Å². The lowest BCUT2D eigenvalue weighted by atomic mass is 10.1. The van der Waals surface area contributed by atoms with Crippen LogP contribution in [0.1, 0.15) is 18.4 Å². The third kappa shape index (κ3) is 3.30. The standard InChI is InChI=1S/C15H23BClN3/c16-20-9-7-18(8-10-20)12-13-11-14(17)3-4-15(13)19-5-1-2-6-19/h3-4,11H,1-2,5-10,12,16H2. The van der Waals surface area contributed by atoms with E-state index < -0.39 is 0 Å². The third-order valence-electron chi connectivity index (χ3n) is 4.48. The van der Waals surface area contributed by atoms with Crippen LogP contribution in [-0.4, -0.2) is 57.0 Å². The van der Waals surface area contributed by atoms with Crippen LogP contribution in [0.4, 0.5) is 5.69 Å². The summed E-state index contributed by atoms with van der Waals surface area (Å²) in [4.78, 5) is 7.46. The Balaban J connectivity index is 1.75. The summed E-state index contributed by atoms with van der Waals surface area (Å²) >= 11 is 6.22. The SMILES string of the molecule is BN1CCN(Cc2cc(Cl)ccc2N2CCCC2)CC1. The van der Waals surface area contributed by atoms with E-state index >= 15 is 0 Å². The zero-order valence-electron chi connectivity index (χ0n) is 12.3. The summed E-state index contributed by atoms with van der Waals surface area (Å²) in [6, 6.07) is 6.40. The molecular formula is C15H23BClN3. The topological polar surface area (TPSA) is 9.72 Å². The number of piperazine rings is 1. The van der Waals surface area contributed by atoms with Gasteiger partial charge in [0.2, 0.25) is 0 Å². The quantitative estimate of drug-likeness (QED) is 0.784. The average molecular weight is 292 g/mol. The van der Waals surface area contributed by atoms with Crippen molar-refractivity contribution < 1.29 is 0 Å². The molecule has 0 unspecified atom stereocenters. The van der Waals surface area contributed by atoms with E-state index in [4.69, 9.17) is 11.6 Å². The fourth-order valence-corrected chi connectivity index (χ4v) is 3.39. The number of halogens is 1. The normalized spacial score (nSPS) is 21.6. The molecule has 20 heavy (non-hydrogen) atoms. The first-order valence-electron chi connectivity index (χ1n) is 7.66. The Kier molecular flexibility index (Phi) is 4.54. The Morgan fingerprint density at radius 3 is 2.40 bits per heavy atom. The summed E-state index contributed by atoms with van der Waals surface area (Å²) in [5.74, 6) is 0. The maximum atomic E-state index is 6.22. The van der Waals surface area contributed by atoms with Crippen LogP contribution >= 0.6 is 11.6 Å². The van der Waals surface area contributed by atoms with Crippen LogP contribution in [0.5, 0.6) is 0 Å². The number of nitrogens with zero attached hydrogens (tertiary/aromatic N) is 3. The summed E-state index contributed by atoms with van der Waals surface area (Å²) in [5.41, 5.74) is 2.79. The zero-order valence-corrected chi connectivity index (χ0v) is 13.1. The van der Waals surface area contributed by atoms with E-state index in [2.05, 4.69) is 34.7 Å². The number of benzene rings is 1. The van der Waals surface area contributed by atoms with Crippen LogP contribution in [0.3, 0.4) is 0 Å². The number of hydrogen-bond donors (Lipinski definition) is 0. The molecule has 0 amide bonds. The van der Waals surface area contributed by atoms with Crippen LogP contribution in [0.15, 0.2) is 18.2 Å². The van der Waals surface area contributed by atoms with Gasteiger partial charge in [-0.3, -0.25) is 4.90 Å². The maximum Gasteiger partial charge on any atom is 0.185 e. The van der Waals surface area contributed by atoms with Gasteiger partial charge >= 0.3 is 0 Å². The second kappa shape index (κ2) is 6.38. The lowest BCUT2D eigenvalue weighted by Gasteiger charge is -2.34. The fraction of sp³-hybridized carbons (Fsp3) is 0.600. The van der Waals surface area contributed by atoms with Crippen molar-refractivity contribution in [2.75, 3.05) is 44.2 Å². The summed E-state index contributed by atoms with van der Waals surface area (Å²) in [6.45, 7) is 8.05. The Bertz CT molecular complexity index is 454. The molecule has 0 aromatic heterocycles.